The van der Waals surface area contributed by atoms with E-state index in [4.69, 9.17) is 0 Å². The number of halogens is 1. The van der Waals surface area contributed by atoms with Crippen molar-refractivity contribution in [3.8, 4) is 11.3 Å². The zero-order valence-corrected chi connectivity index (χ0v) is 13.7. The number of nitrogens with zero attached hydrogens (tertiary/aromatic N) is 1. The smallest absolute Gasteiger partial charge is 0.132 e. The Hall–Kier alpha value is -2.00. The molecular weight excluding hydrogens is 275 g/mol. The molecule has 2 nitrogen and oxygen atoms in total. The number of allylic oxidation sites excluding steroid dienone is 1. The molecule has 0 fully saturated rings. The number of benzene rings is 1. The Balaban J connectivity index is 2.30. The highest BCUT2D eigenvalue weighted by Crippen LogP contribution is 2.22. The van der Waals surface area contributed by atoms with Gasteiger partial charge >= 0.3 is 0 Å². The molecule has 116 valence electrons. The molecule has 22 heavy (non-hydrogen) atoms. The van der Waals surface area contributed by atoms with Crippen LogP contribution in [0.4, 0.5) is 4.39 Å². The second-order valence-electron chi connectivity index (χ2n) is 6.31. The number of rotatable bonds is 4. The number of pyridine rings is 1. The second kappa shape index (κ2) is 6.84. The van der Waals surface area contributed by atoms with Crippen molar-refractivity contribution < 1.29 is 4.39 Å². The molecule has 1 N–H and O–H groups in total. The fourth-order valence-corrected chi connectivity index (χ4v) is 2.13. The third-order valence-electron chi connectivity index (χ3n) is 3.39. The SMILES string of the molecule is C/C=C(/CNC(C)(C)C)c1cccc(-c2ccccc2F)n1. The summed E-state index contributed by atoms with van der Waals surface area (Å²) in [5.74, 6) is -0.248. The third kappa shape index (κ3) is 4.25. The number of hydrogen-bond acceptors (Lipinski definition) is 2. The predicted molar refractivity (Wildman–Crippen MR) is 91.0 cm³/mol. The van der Waals surface area contributed by atoms with E-state index in [2.05, 4.69) is 31.1 Å². The molecule has 0 aliphatic heterocycles. The van der Waals surface area contributed by atoms with E-state index in [9.17, 15) is 4.39 Å². The third-order valence-corrected chi connectivity index (χ3v) is 3.39. The molecular formula is C19H23FN2. The summed E-state index contributed by atoms with van der Waals surface area (Å²) in [4.78, 5) is 4.63. The average molecular weight is 298 g/mol. The topological polar surface area (TPSA) is 24.9 Å². The zero-order valence-electron chi connectivity index (χ0n) is 13.7. The highest BCUT2D eigenvalue weighted by Gasteiger charge is 2.12. The number of aromatic nitrogens is 1. The van der Waals surface area contributed by atoms with Crippen LogP contribution in [-0.4, -0.2) is 17.1 Å². The Kier molecular flexibility index (Phi) is 5.09. The first-order valence-electron chi connectivity index (χ1n) is 7.53. The van der Waals surface area contributed by atoms with Crippen molar-refractivity contribution in [1.82, 2.24) is 10.3 Å². The lowest BCUT2D eigenvalue weighted by Gasteiger charge is -2.21. The van der Waals surface area contributed by atoms with Gasteiger partial charge in [-0.25, -0.2) is 9.37 Å². The fourth-order valence-electron chi connectivity index (χ4n) is 2.13. The van der Waals surface area contributed by atoms with Gasteiger partial charge in [0.05, 0.1) is 11.4 Å². The van der Waals surface area contributed by atoms with E-state index in [0.717, 1.165) is 17.8 Å². The van der Waals surface area contributed by atoms with Crippen molar-refractivity contribution in [2.24, 2.45) is 0 Å². The van der Waals surface area contributed by atoms with Crippen LogP contribution >= 0.6 is 0 Å². The van der Waals surface area contributed by atoms with Gasteiger partial charge in [0.2, 0.25) is 0 Å². The minimum atomic E-state index is -0.248. The molecule has 1 heterocycles. The van der Waals surface area contributed by atoms with Gasteiger partial charge in [0, 0.05) is 17.6 Å². The maximum Gasteiger partial charge on any atom is 0.132 e. The van der Waals surface area contributed by atoms with E-state index >= 15 is 0 Å². The van der Waals surface area contributed by atoms with Crippen molar-refractivity contribution in [2.75, 3.05) is 6.54 Å². The first kappa shape index (κ1) is 16.4. The minimum Gasteiger partial charge on any atom is -0.308 e. The highest BCUT2D eigenvalue weighted by molar-refractivity contribution is 5.68. The molecule has 0 amide bonds. The van der Waals surface area contributed by atoms with Gasteiger partial charge in [-0.15, -0.1) is 0 Å². The lowest BCUT2D eigenvalue weighted by molar-refractivity contribution is 0.452. The first-order valence-corrected chi connectivity index (χ1v) is 7.53. The number of nitrogens with one attached hydrogen (secondary N) is 1. The fraction of sp³-hybridized carbons (Fsp3) is 0.316. The standard InChI is InChI=1S/C19H23FN2/c1-5-14(13-21-19(2,3)4)17-11-8-12-18(22-17)15-9-6-7-10-16(15)20/h5-12,21H,13H2,1-4H3/b14-5-. The van der Waals surface area contributed by atoms with Crippen molar-refractivity contribution in [2.45, 2.75) is 33.2 Å². The van der Waals surface area contributed by atoms with Crippen LogP contribution in [0.3, 0.4) is 0 Å². The summed E-state index contributed by atoms with van der Waals surface area (Å²) >= 11 is 0. The Bertz CT molecular complexity index is 669. The molecule has 0 bridgehead atoms. The molecule has 0 saturated carbocycles. The van der Waals surface area contributed by atoms with Crippen LogP contribution in [0.2, 0.25) is 0 Å². The maximum absolute atomic E-state index is 13.9. The molecule has 1 aromatic carbocycles. The molecule has 2 aromatic rings. The van der Waals surface area contributed by atoms with Crippen LogP contribution in [0.15, 0.2) is 48.5 Å². The molecule has 0 aliphatic rings. The van der Waals surface area contributed by atoms with Crippen LogP contribution < -0.4 is 5.32 Å². The van der Waals surface area contributed by atoms with Crippen molar-refractivity contribution in [1.29, 1.82) is 0 Å². The Morgan fingerprint density at radius 2 is 1.86 bits per heavy atom. The van der Waals surface area contributed by atoms with E-state index in [1.54, 1.807) is 12.1 Å². The molecule has 2 rings (SSSR count). The second-order valence-corrected chi connectivity index (χ2v) is 6.31. The quantitative estimate of drug-likeness (QED) is 0.886. The molecule has 3 heteroatoms. The van der Waals surface area contributed by atoms with Crippen molar-refractivity contribution in [3.63, 3.8) is 0 Å². The summed E-state index contributed by atoms with van der Waals surface area (Å²) in [7, 11) is 0. The molecule has 0 unspecified atom stereocenters. The van der Waals surface area contributed by atoms with Crippen LogP contribution in [0, 0.1) is 5.82 Å². The van der Waals surface area contributed by atoms with Crippen molar-refractivity contribution in [3.05, 3.63) is 60.1 Å². The van der Waals surface area contributed by atoms with Gasteiger partial charge in [0.25, 0.3) is 0 Å². The lowest BCUT2D eigenvalue weighted by Crippen LogP contribution is -2.36. The van der Waals surface area contributed by atoms with Gasteiger partial charge in [-0.3, -0.25) is 0 Å². The summed E-state index contributed by atoms with van der Waals surface area (Å²) in [6.07, 6.45) is 2.05. The van der Waals surface area contributed by atoms with Crippen LogP contribution in [0.1, 0.15) is 33.4 Å². The van der Waals surface area contributed by atoms with Gasteiger partial charge in [-0.2, -0.15) is 0 Å². The molecule has 0 spiro atoms. The summed E-state index contributed by atoms with van der Waals surface area (Å²) < 4.78 is 13.9. The summed E-state index contributed by atoms with van der Waals surface area (Å²) in [5, 5.41) is 3.46. The van der Waals surface area contributed by atoms with Crippen LogP contribution in [0.5, 0.6) is 0 Å². The Labute approximate surface area is 132 Å². The van der Waals surface area contributed by atoms with Gasteiger partial charge < -0.3 is 5.32 Å². The van der Waals surface area contributed by atoms with Crippen LogP contribution in [-0.2, 0) is 0 Å². The average Bonchev–Trinajstić information content (AvgIpc) is 2.47. The largest absolute Gasteiger partial charge is 0.308 e. The lowest BCUT2D eigenvalue weighted by atomic mass is 10.1. The number of hydrogen-bond donors (Lipinski definition) is 1. The maximum atomic E-state index is 13.9. The van der Waals surface area contributed by atoms with Gasteiger partial charge in [0.1, 0.15) is 5.82 Å². The monoisotopic (exact) mass is 298 g/mol. The summed E-state index contributed by atoms with van der Waals surface area (Å²) in [6.45, 7) is 9.11. The molecule has 1 aromatic heterocycles. The van der Waals surface area contributed by atoms with Crippen LogP contribution in [0.25, 0.3) is 16.8 Å². The summed E-state index contributed by atoms with van der Waals surface area (Å²) in [5.41, 5.74) is 3.21. The Morgan fingerprint density at radius 3 is 2.50 bits per heavy atom. The van der Waals surface area contributed by atoms with E-state index in [0.29, 0.717) is 11.3 Å². The van der Waals surface area contributed by atoms with Crippen molar-refractivity contribution >= 4 is 5.57 Å². The van der Waals surface area contributed by atoms with Gasteiger partial charge in [0.15, 0.2) is 0 Å². The molecule has 0 saturated heterocycles. The van der Waals surface area contributed by atoms with E-state index in [1.165, 1.54) is 6.07 Å². The summed E-state index contributed by atoms with van der Waals surface area (Å²) in [6, 6.07) is 12.4. The van der Waals surface area contributed by atoms with Gasteiger partial charge in [-0.05, 0) is 57.5 Å². The van der Waals surface area contributed by atoms with Gasteiger partial charge in [-0.1, -0.05) is 24.3 Å². The van der Waals surface area contributed by atoms with E-state index in [-0.39, 0.29) is 11.4 Å². The molecule has 0 radical (unpaired) electrons. The first-order chi connectivity index (χ1) is 10.4. The van der Waals surface area contributed by atoms with E-state index in [1.807, 2.05) is 37.3 Å². The Morgan fingerprint density at radius 1 is 1.14 bits per heavy atom. The van der Waals surface area contributed by atoms with E-state index < -0.39 is 0 Å². The zero-order chi connectivity index (χ0) is 16.2. The molecule has 0 aliphatic carbocycles. The predicted octanol–water partition coefficient (Wildman–Crippen LogP) is 4.68. The minimum absolute atomic E-state index is 0.0391. The normalized spacial score (nSPS) is 12.5. The molecule has 0 atom stereocenters. The highest BCUT2D eigenvalue weighted by atomic mass is 19.1.